The summed E-state index contributed by atoms with van der Waals surface area (Å²) in [5, 5.41) is 3.53. The average Bonchev–Trinajstić information content (AvgIpc) is 2.14. The molecule has 0 fully saturated rings. The molecule has 0 aromatic heterocycles. The van der Waals surface area contributed by atoms with Crippen molar-refractivity contribution in [2.24, 2.45) is 10.8 Å². The highest BCUT2D eigenvalue weighted by Gasteiger charge is 2.28. The maximum Gasteiger partial charge on any atom is 0.0113 e. The molecule has 0 aromatic rings. The molecule has 0 radical (unpaired) electrons. The minimum Gasteiger partial charge on any atom is -0.316 e. The molecule has 1 N–H and O–H groups in total. The Kier molecular flexibility index (Phi) is 6.71. The van der Waals surface area contributed by atoms with E-state index < -0.39 is 0 Å². The molecule has 0 saturated heterocycles. The molecule has 1 unspecified atom stereocenters. The van der Waals surface area contributed by atoms with Crippen molar-refractivity contribution in [2.75, 3.05) is 26.7 Å². The summed E-state index contributed by atoms with van der Waals surface area (Å²) in [6.45, 7) is 19.6. The summed E-state index contributed by atoms with van der Waals surface area (Å²) < 4.78 is 0. The Morgan fingerprint density at radius 3 is 2.06 bits per heavy atom. The third kappa shape index (κ3) is 7.05. The second kappa shape index (κ2) is 6.75. The van der Waals surface area contributed by atoms with Crippen LogP contribution in [0.4, 0.5) is 0 Å². The van der Waals surface area contributed by atoms with Crippen molar-refractivity contribution in [3.8, 4) is 0 Å². The monoisotopic (exact) mass is 242 g/mol. The van der Waals surface area contributed by atoms with Crippen LogP contribution >= 0.6 is 0 Å². The van der Waals surface area contributed by atoms with Gasteiger partial charge in [0.05, 0.1) is 0 Å². The van der Waals surface area contributed by atoms with Gasteiger partial charge in [-0.15, -0.1) is 0 Å². The number of hydrogen-bond acceptors (Lipinski definition) is 2. The van der Waals surface area contributed by atoms with Crippen LogP contribution in [0.5, 0.6) is 0 Å². The van der Waals surface area contributed by atoms with Crippen molar-refractivity contribution in [3.63, 3.8) is 0 Å². The lowest BCUT2D eigenvalue weighted by Gasteiger charge is -2.40. The second-order valence-electron chi connectivity index (χ2n) is 7.30. The van der Waals surface area contributed by atoms with Crippen LogP contribution in [0.25, 0.3) is 0 Å². The summed E-state index contributed by atoms with van der Waals surface area (Å²) in [5.74, 6) is 0. The standard InChI is InChI=1S/C15H34N2/c1-9-10-16-11-15(6,7)12-17(8)13(2)14(3,4)5/h13,16H,9-12H2,1-8H3. The van der Waals surface area contributed by atoms with Crippen molar-refractivity contribution >= 4 is 0 Å². The Hall–Kier alpha value is -0.0800. The highest BCUT2D eigenvalue weighted by atomic mass is 15.1. The second-order valence-corrected chi connectivity index (χ2v) is 7.30. The predicted octanol–water partition coefficient (Wildman–Crippen LogP) is 3.38. The number of nitrogens with one attached hydrogen (secondary N) is 1. The van der Waals surface area contributed by atoms with Crippen LogP contribution in [0.2, 0.25) is 0 Å². The summed E-state index contributed by atoms with van der Waals surface area (Å²) >= 11 is 0. The minimum absolute atomic E-state index is 0.337. The number of rotatable bonds is 7. The van der Waals surface area contributed by atoms with Gasteiger partial charge in [-0.2, -0.15) is 0 Å². The number of nitrogens with zero attached hydrogens (tertiary/aromatic N) is 1. The lowest BCUT2D eigenvalue weighted by atomic mass is 9.85. The smallest absolute Gasteiger partial charge is 0.0113 e. The van der Waals surface area contributed by atoms with Crippen molar-refractivity contribution in [1.29, 1.82) is 0 Å². The van der Waals surface area contributed by atoms with Crippen LogP contribution in [0.3, 0.4) is 0 Å². The Morgan fingerprint density at radius 2 is 1.65 bits per heavy atom. The molecule has 104 valence electrons. The van der Waals surface area contributed by atoms with E-state index in [0.717, 1.165) is 19.6 Å². The van der Waals surface area contributed by atoms with E-state index in [4.69, 9.17) is 0 Å². The molecule has 0 aliphatic heterocycles. The highest BCUT2D eigenvalue weighted by molar-refractivity contribution is 4.82. The van der Waals surface area contributed by atoms with E-state index >= 15 is 0 Å². The van der Waals surface area contributed by atoms with E-state index in [0.29, 0.717) is 16.9 Å². The molecule has 1 atom stereocenters. The summed E-state index contributed by atoms with van der Waals surface area (Å²) in [7, 11) is 2.25. The first-order chi connectivity index (χ1) is 7.60. The Morgan fingerprint density at radius 1 is 1.12 bits per heavy atom. The Bertz CT molecular complexity index is 203. The molecule has 0 aliphatic rings. The third-order valence-corrected chi connectivity index (χ3v) is 3.62. The molecule has 0 aliphatic carbocycles. The van der Waals surface area contributed by atoms with Crippen molar-refractivity contribution < 1.29 is 0 Å². The van der Waals surface area contributed by atoms with Gasteiger partial charge in [-0.3, -0.25) is 0 Å². The maximum atomic E-state index is 3.53. The fraction of sp³-hybridized carbons (Fsp3) is 1.00. The molecular weight excluding hydrogens is 208 g/mol. The first-order valence-electron chi connectivity index (χ1n) is 7.01. The molecule has 0 saturated carbocycles. The van der Waals surface area contributed by atoms with Gasteiger partial charge in [0.15, 0.2) is 0 Å². The quantitative estimate of drug-likeness (QED) is 0.689. The first kappa shape index (κ1) is 16.9. The average molecular weight is 242 g/mol. The van der Waals surface area contributed by atoms with Gasteiger partial charge in [-0.1, -0.05) is 41.5 Å². The third-order valence-electron chi connectivity index (χ3n) is 3.62. The van der Waals surface area contributed by atoms with Crippen LogP contribution in [0.1, 0.15) is 54.9 Å². The molecule has 17 heavy (non-hydrogen) atoms. The lowest BCUT2D eigenvalue weighted by molar-refractivity contribution is 0.0976. The fourth-order valence-electron chi connectivity index (χ4n) is 2.13. The largest absolute Gasteiger partial charge is 0.316 e. The van der Waals surface area contributed by atoms with Crippen LogP contribution in [-0.4, -0.2) is 37.6 Å². The zero-order chi connectivity index (χ0) is 13.7. The van der Waals surface area contributed by atoms with E-state index in [-0.39, 0.29) is 0 Å². The minimum atomic E-state index is 0.337. The molecule has 2 nitrogen and oxygen atoms in total. The normalized spacial score (nSPS) is 15.4. The zero-order valence-corrected chi connectivity index (χ0v) is 13.4. The predicted molar refractivity (Wildman–Crippen MR) is 78.5 cm³/mol. The van der Waals surface area contributed by atoms with Gasteiger partial charge < -0.3 is 10.2 Å². The summed E-state index contributed by atoms with van der Waals surface area (Å²) in [6, 6.07) is 0.605. The van der Waals surface area contributed by atoms with Gasteiger partial charge in [0, 0.05) is 19.1 Å². The summed E-state index contributed by atoms with van der Waals surface area (Å²) in [4.78, 5) is 2.49. The SMILES string of the molecule is CCCNCC(C)(C)CN(C)C(C)C(C)(C)C. The highest BCUT2D eigenvalue weighted by Crippen LogP contribution is 2.25. The summed E-state index contributed by atoms with van der Waals surface area (Å²) in [5.41, 5.74) is 0.686. The molecule has 2 heteroatoms. The fourth-order valence-corrected chi connectivity index (χ4v) is 2.13. The van der Waals surface area contributed by atoms with Gasteiger partial charge >= 0.3 is 0 Å². The number of hydrogen-bond donors (Lipinski definition) is 1. The van der Waals surface area contributed by atoms with Gasteiger partial charge in [-0.25, -0.2) is 0 Å². The van der Waals surface area contributed by atoms with E-state index in [1.54, 1.807) is 0 Å². The topological polar surface area (TPSA) is 15.3 Å². The van der Waals surface area contributed by atoms with E-state index in [2.05, 4.69) is 65.7 Å². The molecule has 0 amide bonds. The van der Waals surface area contributed by atoms with Crippen molar-refractivity contribution in [1.82, 2.24) is 10.2 Å². The van der Waals surface area contributed by atoms with Crippen LogP contribution < -0.4 is 5.32 Å². The first-order valence-corrected chi connectivity index (χ1v) is 7.01. The molecule has 0 rings (SSSR count). The van der Waals surface area contributed by atoms with E-state index in [9.17, 15) is 0 Å². The van der Waals surface area contributed by atoms with Gasteiger partial charge in [-0.05, 0) is 37.8 Å². The Balaban J connectivity index is 4.21. The van der Waals surface area contributed by atoms with Crippen molar-refractivity contribution in [2.45, 2.75) is 60.9 Å². The molecular formula is C15H34N2. The maximum absolute atomic E-state index is 3.53. The Labute approximate surface area is 109 Å². The van der Waals surface area contributed by atoms with Crippen molar-refractivity contribution in [3.05, 3.63) is 0 Å². The molecule has 0 spiro atoms. The molecule has 0 bridgehead atoms. The van der Waals surface area contributed by atoms with Gasteiger partial charge in [0.2, 0.25) is 0 Å². The molecule has 0 heterocycles. The lowest BCUT2D eigenvalue weighted by Crippen LogP contribution is -2.46. The van der Waals surface area contributed by atoms with Crippen LogP contribution in [-0.2, 0) is 0 Å². The summed E-state index contributed by atoms with van der Waals surface area (Å²) in [6.07, 6.45) is 1.21. The van der Waals surface area contributed by atoms with Gasteiger partial charge in [0.1, 0.15) is 0 Å². The van der Waals surface area contributed by atoms with E-state index in [1.807, 2.05) is 0 Å². The van der Waals surface area contributed by atoms with Gasteiger partial charge in [0.25, 0.3) is 0 Å². The van der Waals surface area contributed by atoms with Crippen LogP contribution in [0.15, 0.2) is 0 Å². The van der Waals surface area contributed by atoms with Crippen LogP contribution in [0, 0.1) is 10.8 Å². The zero-order valence-electron chi connectivity index (χ0n) is 13.4. The van der Waals surface area contributed by atoms with E-state index in [1.165, 1.54) is 6.42 Å². The molecule has 0 aromatic carbocycles.